The molecule has 1 aliphatic heterocycles. The van der Waals surface area contributed by atoms with Gasteiger partial charge in [0, 0.05) is 25.4 Å². The maximum Gasteiger partial charge on any atom is 0.276 e. The third-order valence-corrected chi connectivity index (χ3v) is 3.82. The van der Waals surface area contributed by atoms with E-state index in [1.165, 1.54) is 0 Å². The summed E-state index contributed by atoms with van der Waals surface area (Å²) in [4.78, 5) is 18.7. The molecule has 0 atom stereocenters. The molecule has 0 radical (unpaired) electrons. The molecule has 0 fully saturated rings. The molecule has 1 aromatic heterocycles. The Morgan fingerprint density at radius 1 is 1.30 bits per heavy atom. The van der Waals surface area contributed by atoms with E-state index in [0.717, 1.165) is 11.1 Å². The standard InChI is InChI=1S/C17H16BrN3O2/c1-21-10-12-6-2-3-7-13(12)16(23-11-18)15(21)17(22)20-14-8-4-5-9-19-14/h2-9H,10-11H2,1H3,(H,19,20,22). The summed E-state index contributed by atoms with van der Waals surface area (Å²) in [6.07, 6.45) is 1.64. The van der Waals surface area contributed by atoms with Gasteiger partial charge in [0.2, 0.25) is 0 Å². The van der Waals surface area contributed by atoms with E-state index in [1.54, 1.807) is 18.3 Å². The molecule has 118 valence electrons. The van der Waals surface area contributed by atoms with Crippen LogP contribution in [-0.4, -0.2) is 28.4 Å². The fourth-order valence-electron chi connectivity index (χ4n) is 2.60. The van der Waals surface area contributed by atoms with Crippen LogP contribution in [0.15, 0.2) is 54.4 Å². The number of hydrogen-bond donors (Lipinski definition) is 1. The molecule has 23 heavy (non-hydrogen) atoms. The van der Waals surface area contributed by atoms with E-state index < -0.39 is 0 Å². The molecular formula is C17H16BrN3O2. The van der Waals surface area contributed by atoms with Gasteiger partial charge in [-0.3, -0.25) is 4.79 Å². The summed E-state index contributed by atoms with van der Waals surface area (Å²) >= 11 is 3.28. The Labute approximate surface area is 143 Å². The van der Waals surface area contributed by atoms with Gasteiger partial charge in [0.15, 0.2) is 5.76 Å². The highest BCUT2D eigenvalue weighted by atomic mass is 79.9. The minimum Gasteiger partial charge on any atom is -0.479 e. The van der Waals surface area contributed by atoms with Crippen molar-refractivity contribution in [3.63, 3.8) is 0 Å². The minimum atomic E-state index is -0.239. The SMILES string of the molecule is CN1Cc2ccccc2C(OCBr)=C1C(=O)Nc1ccccn1. The zero-order chi connectivity index (χ0) is 16.2. The number of pyridine rings is 1. The van der Waals surface area contributed by atoms with Gasteiger partial charge in [-0.25, -0.2) is 4.98 Å². The Morgan fingerprint density at radius 3 is 2.83 bits per heavy atom. The molecular weight excluding hydrogens is 358 g/mol. The molecule has 6 heteroatoms. The summed E-state index contributed by atoms with van der Waals surface area (Å²) in [5, 5.41) is 2.82. The van der Waals surface area contributed by atoms with Crippen LogP contribution >= 0.6 is 15.9 Å². The Hall–Kier alpha value is -2.34. The van der Waals surface area contributed by atoms with Gasteiger partial charge in [0.1, 0.15) is 17.0 Å². The second-order valence-electron chi connectivity index (χ2n) is 5.11. The van der Waals surface area contributed by atoms with Gasteiger partial charge in [0.05, 0.1) is 0 Å². The highest BCUT2D eigenvalue weighted by molar-refractivity contribution is 9.09. The number of rotatable bonds is 4. The molecule has 2 aromatic rings. The minimum absolute atomic E-state index is 0.239. The molecule has 0 spiro atoms. The molecule has 5 nitrogen and oxygen atoms in total. The van der Waals surface area contributed by atoms with Crippen LogP contribution in [0.5, 0.6) is 0 Å². The Bertz CT molecular complexity index is 747. The lowest BCUT2D eigenvalue weighted by molar-refractivity contribution is -0.114. The average molecular weight is 374 g/mol. The van der Waals surface area contributed by atoms with Crippen LogP contribution in [0.25, 0.3) is 5.76 Å². The second kappa shape index (κ2) is 6.83. The van der Waals surface area contributed by atoms with Crippen molar-refractivity contribution in [2.75, 3.05) is 17.9 Å². The van der Waals surface area contributed by atoms with Crippen molar-refractivity contribution in [2.24, 2.45) is 0 Å². The first kappa shape index (κ1) is 15.6. The zero-order valence-corrected chi connectivity index (χ0v) is 14.2. The lowest BCUT2D eigenvalue weighted by Gasteiger charge is -2.30. The quantitative estimate of drug-likeness (QED) is 0.836. The molecule has 0 unspecified atom stereocenters. The van der Waals surface area contributed by atoms with Crippen molar-refractivity contribution >= 4 is 33.4 Å². The van der Waals surface area contributed by atoms with E-state index in [1.807, 2.05) is 42.3 Å². The number of benzene rings is 1. The number of likely N-dealkylation sites (N-methyl/N-ethyl adjacent to an activating group) is 1. The lowest BCUT2D eigenvalue weighted by atomic mass is 9.99. The van der Waals surface area contributed by atoms with Gasteiger partial charge in [-0.1, -0.05) is 30.3 Å². The smallest absolute Gasteiger partial charge is 0.276 e. The molecule has 0 aliphatic carbocycles. The van der Waals surface area contributed by atoms with E-state index >= 15 is 0 Å². The first-order valence-corrected chi connectivity index (χ1v) is 8.27. The maximum absolute atomic E-state index is 12.7. The molecule has 1 N–H and O–H groups in total. The number of halogens is 1. The normalized spacial score (nSPS) is 13.6. The summed E-state index contributed by atoms with van der Waals surface area (Å²) in [6.45, 7) is 0.649. The molecule has 1 aliphatic rings. The third kappa shape index (κ3) is 3.22. The van der Waals surface area contributed by atoms with Gasteiger partial charge in [-0.15, -0.1) is 0 Å². The predicted molar refractivity (Wildman–Crippen MR) is 92.6 cm³/mol. The summed E-state index contributed by atoms with van der Waals surface area (Å²) < 4.78 is 5.72. The number of aromatic nitrogens is 1. The molecule has 1 amide bonds. The van der Waals surface area contributed by atoms with E-state index in [0.29, 0.717) is 29.3 Å². The molecule has 2 heterocycles. The van der Waals surface area contributed by atoms with Crippen LogP contribution in [0.4, 0.5) is 5.82 Å². The number of carbonyl (C=O) groups is 1. The number of carbonyl (C=O) groups excluding carboxylic acids is 1. The summed E-state index contributed by atoms with van der Waals surface area (Å²) in [6, 6.07) is 13.3. The van der Waals surface area contributed by atoms with Crippen LogP contribution in [0.3, 0.4) is 0 Å². The summed E-state index contributed by atoms with van der Waals surface area (Å²) in [5.41, 5.74) is 2.87. The van der Waals surface area contributed by atoms with Crippen LogP contribution in [-0.2, 0) is 16.1 Å². The third-order valence-electron chi connectivity index (χ3n) is 3.59. The van der Waals surface area contributed by atoms with E-state index in [-0.39, 0.29) is 5.91 Å². The number of fused-ring (bicyclic) bond motifs is 1. The van der Waals surface area contributed by atoms with Crippen LogP contribution in [0, 0.1) is 0 Å². The van der Waals surface area contributed by atoms with Gasteiger partial charge in [-0.2, -0.15) is 0 Å². The van der Waals surface area contributed by atoms with E-state index in [2.05, 4.69) is 26.2 Å². The second-order valence-corrected chi connectivity index (χ2v) is 5.57. The topological polar surface area (TPSA) is 54.5 Å². The number of amides is 1. The Balaban J connectivity index is 2.00. The molecule has 0 saturated heterocycles. The fraction of sp³-hybridized carbons (Fsp3) is 0.176. The highest BCUT2D eigenvalue weighted by Crippen LogP contribution is 2.32. The number of anilines is 1. The first-order valence-electron chi connectivity index (χ1n) is 7.15. The number of hydrogen-bond acceptors (Lipinski definition) is 4. The molecule has 0 bridgehead atoms. The Kier molecular flexibility index (Phi) is 4.62. The van der Waals surface area contributed by atoms with Gasteiger partial charge in [-0.05, 0) is 33.6 Å². The van der Waals surface area contributed by atoms with Crippen LogP contribution in [0.2, 0.25) is 0 Å². The fourth-order valence-corrected chi connectivity index (χ4v) is 2.83. The largest absolute Gasteiger partial charge is 0.479 e. The average Bonchev–Trinajstić information content (AvgIpc) is 2.56. The van der Waals surface area contributed by atoms with Gasteiger partial charge in [0.25, 0.3) is 5.91 Å². The summed E-state index contributed by atoms with van der Waals surface area (Å²) in [7, 11) is 1.88. The number of nitrogens with one attached hydrogen (secondary N) is 1. The van der Waals surface area contributed by atoms with Crippen molar-refractivity contribution in [1.29, 1.82) is 0 Å². The lowest BCUT2D eigenvalue weighted by Crippen LogP contribution is -2.32. The number of ether oxygens (including phenoxy) is 1. The molecule has 0 saturated carbocycles. The monoisotopic (exact) mass is 373 g/mol. The maximum atomic E-state index is 12.7. The van der Waals surface area contributed by atoms with Crippen molar-refractivity contribution in [3.8, 4) is 0 Å². The predicted octanol–water partition coefficient (Wildman–Crippen LogP) is 3.20. The van der Waals surface area contributed by atoms with E-state index in [4.69, 9.17) is 4.74 Å². The number of alkyl halides is 1. The molecule has 3 rings (SSSR count). The van der Waals surface area contributed by atoms with Crippen molar-refractivity contribution in [3.05, 3.63) is 65.5 Å². The highest BCUT2D eigenvalue weighted by Gasteiger charge is 2.28. The van der Waals surface area contributed by atoms with Crippen molar-refractivity contribution in [1.82, 2.24) is 9.88 Å². The van der Waals surface area contributed by atoms with Crippen molar-refractivity contribution < 1.29 is 9.53 Å². The first-order chi connectivity index (χ1) is 11.2. The van der Waals surface area contributed by atoms with Crippen LogP contribution in [0.1, 0.15) is 11.1 Å². The Morgan fingerprint density at radius 2 is 2.09 bits per heavy atom. The zero-order valence-electron chi connectivity index (χ0n) is 12.6. The summed E-state index contributed by atoms with van der Waals surface area (Å²) in [5.74, 6) is 0.840. The number of nitrogens with zero attached hydrogens (tertiary/aromatic N) is 2. The molecule has 1 aromatic carbocycles. The van der Waals surface area contributed by atoms with Crippen molar-refractivity contribution in [2.45, 2.75) is 6.54 Å². The van der Waals surface area contributed by atoms with Crippen LogP contribution < -0.4 is 5.32 Å². The van der Waals surface area contributed by atoms with Gasteiger partial charge >= 0.3 is 0 Å². The van der Waals surface area contributed by atoms with Gasteiger partial charge < -0.3 is 15.0 Å². The van der Waals surface area contributed by atoms with E-state index in [9.17, 15) is 4.79 Å².